The zero-order valence-corrected chi connectivity index (χ0v) is 10.7. The Balaban J connectivity index is 1.82. The molecule has 0 heterocycles. The second-order valence-electron chi connectivity index (χ2n) is 5.69. The Morgan fingerprint density at radius 2 is 1.18 bits per heavy atom. The average molecular weight is 224 g/mol. The van der Waals surface area contributed by atoms with Crippen LogP contribution < -0.4 is 0 Å². The van der Waals surface area contributed by atoms with Gasteiger partial charge in [-0.25, -0.2) is 0 Å². The zero-order chi connectivity index (χ0) is 11.8. The van der Waals surface area contributed by atoms with Gasteiger partial charge in [0.2, 0.25) is 0 Å². The summed E-state index contributed by atoms with van der Waals surface area (Å²) < 4.78 is 0. The molecule has 3 aliphatic carbocycles. The summed E-state index contributed by atoms with van der Waals surface area (Å²) in [7, 11) is 0. The molecule has 2 atom stereocenters. The molecule has 0 N–H and O–H groups in total. The molecule has 0 fully saturated rings. The van der Waals surface area contributed by atoms with Crippen molar-refractivity contribution in [1.82, 2.24) is 0 Å². The highest BCUT2D eigenvalue weighted by atomic mass is 14.2. The number of rotatable bonds is 0. The predicted molar refractivity (Wildman–Crippen MR) is 73.7 cm³/mol. The number of hydrogen-bond acceptors (Lipinski definition) is 0. The molecule has 0 aromatic rings. The quantitative estimate of drug-likeness (QED) is 0.558. The molecule has 88 valence electrons. The van der Waals surface area contributed by atoms with Gasteiger partial charge in [-0.3, -0.25) is 0 Å². The first-order chi connectivity index (χ1) is 8.22. The van der Waals surface area contributed by atoms with E-state index >= 15 is 0 Å². The molecule has 0 nitrogen and oxygen atoms in total. The van der Waals surface area contributed by atoms with Gasteiger partial charge in [-0.15, -0.1) is 0 Å². The second kappa shape index (κ2) is 4.18. The maximum absolute atomic E-state index is 2.33. The van der Waals surface area contributed by atoms with E-state index in [9.17, 15) is 0 Å². The Labute approximate surface area is 104 Å². The summed E-state index contributed by atoms with van der Waals surface area (Å²) in [5.41, 5.74) is 6.20. The molecule has 17 heavy (non-hydrogen) atoms. The van der Waals surface area contributed by atoms with Crippen LogP contribution in [0.2, 0.25) is 0 Å². The summed E-state index contributed by atoms with van der Waals surface area (Å²) in [6, 6.07) is 0. The molecule has 0 bridgehead atoms. The minimum Gasteiger partial charge on any atom is -0.0811 e. The molecule has 0 aromatic heterocycles. The van der Waals surface area contributed by atoms with Crippen LogP contribution in [0.4, 0.5) is 0 Å². The van der Waals surface area contributed by atoms with Gasteiger partial charge < -0.3 is 0 Å². The molecule has 3 rings (SSSR count). The maximum Gasteiger partial charge on any atom is -0.00203 e. The third kappa shape index (κ3) is 2.09. The van der Waals surface area contributed by atoms with Crippen LogP contribution in [0.5, 0.6) is 0 Å². The summed E-state index contributed by atoms with van der Waals surface area (Å²) >= 11 is 0. The Morgan fingerprint density at radius 1 is 0.706 bits per heavy atom. The van der Waals surface area contributed by atoms with Crippen molar-refractivity contribution in [1.29, 1.82) is 0 Å². The van der Waals surface area contributed by atoms with Crippen LogP contribution in [0.1, 0.15) is 33.1 Å². The molecular weight excluding hydrogens is 204 g/mol. The van der Waals surface area contributed by atoms with Gasteiger partial charge in [-0.2, -0.15) is 0 Å². The van der Waals surface area contributed by atoms with Crippen LogP contribution in [-0.2, 0) is 0 Å². The topological polar surface area (TPSA) is 0 Å². The highest BCUT2D eigenvalue weighted by Gasteiger charge is 2.18. The lowest BCUT2D eigenvalue weighted by Crippen LogP contribution is -1.88. The van der Waals surface area contributed by atoms with E-state index in [0.29, 0.717) is 0 Å². The van der Waals surface area contributed by atoms with Crippen LogP contribution in [0.25, 0.3) is 0 Å². The van der Waals surface area contributed by atoms with E-state index in [0.717, 1.165) is 18.3 Å². The lowest BCUT2D eigenvalue weighted by Gasteiger charge is -2.05. The average Bonchev–Trinajstić information content (AvgIpc) is 2.96. The van der Waals surface area contributed by atoms with Crippen molar-refractivity contribution < 1.29 is 0 Å². The van der Waals surface area contributed by atoms with Crippen LogP contribution in [-0.4, -0.2) is 0 Å². The van der Waals surface area contributed by atoms with E-state index in [1.54, 1.807) is 22.3 Å². The summed E-state index contributed by atoms with van der Waals surface area (Å²) in [5.74, 6) is 1.46. The van der Waals surface area contributed by atoms with Crippen molar-refractivity contribution in [2.45, 2.75) is 33.1 Å². The van der Waals surface area contributed by atoms with Gasteiger partial charge in [0.15, 0.2) is 0 Å². The summed E-state index contributed by atoms with van der Waals surface area (Å²) in [6.45, 7) is 4.59. The summed E-state index contributed by atoms with van der Waals surface area (Å²) in [6.07, 6.45) is 17.6. The number of allylic oxidation sites excluding steroid dienone is 10. The standard InChI is InChI=1S/C17H20/c1-12-3-5-14(9-12)16-7-8-17(11-16)15-6-4-13(2)10-15/h3-8,12-13H,9-11H2,1-2H3/b16-14+,17-15+. The van der Waals surface area contributed by atoms with Crippen molar-refractivity contribution in [2.75, 3.05) is 0 Å². The van der Waals surface area contributed by atoms with Gasteiger partial charge in [-0.05, 0) is 53.4 Å². The SMILES string of the molecule is CC1C=C/C(=C2C=C/C(=C3/C=CC(C)C3)C/2)C1. The summed E-state index contributed by atoms with van der Waals surface area (Å²) in [4.78, 5) is 0. The molecule has 0 spiro atoms. The smallest absolute Gasteiger partial charge is 0.00203 e. The van der Waals surface area contributed by atoms with Crippen molar-refractivity contribution in [3.05, 3.63) is 58.7 Å². The molecule has 0 aliphatic heterocycles. The maximum atomic E-state index is 2.33. The molecule has 3 aliphatic rings. The Kier molecular flexibility index (Phi) is 2.66. The van der Waals surface area contributed by atoms with E-state index in [4.69, 9.17) is 0 Å². The predicted octanol–water partition coefficient (Wildman–Crippen LogP) is 4.73. The van der Waals surface area contributed by atoms with Gasteiger partial charge in [-0.1, -0.05) is 50.3 Å². The fourth-order valence-electron chi connectivity index (χ4n) is 2.97. The molecular formula is C17H20. The van der Waals surface area contributed by atoms with Crippen LogP contribution in [0.3, 0.4) is 0 Å². The first-order valence-corrected chi connectivity index (χ1v) is 6.71. The van der Waals surface area contributed by atoms with Crippen molar-refractivity contribution in [2.24, 2.45) is 11.8 Å². The molecule has 2 unspecified atom stereocenters. The lowest BCUT2D eigenvalue weighted by atomic mass is 10.00. The van der Waals surface area contributed by atoms with Crippen molar-refractivity contribution in [3.63, 3.8) is 0 Å². The fourth-order valence-corrected chi connectivity index (χ4v) is 2.97. The van der Waals surface area contributed by atoms with Crippen LogP contribution in [0.15, 0.2) is 58.7 Å². The van der Waals surface area contributed by atoms with Crippen LogP contribution >= 0.6 is 0 Å². The first-order valence-electron chi connectivity index (χ1n) is 6.71. The van der Waals surface area contributed by atoms with Crippen molar-refractivity contribution in [3.8, 4) is 0 Å². The third-order valence-electron chi connectivity index (χ3n) is 4.03. The first kappa shape index (κ1) is 10.8. The molecule has 0 saturated heterocycles. The van der Waals surface area contributed by atoms with Gasteiger partial charge in [0, 0.05) is 0 Å². The van der Waals surface area contributed by atoms with Gasteiger partial charge in [0.05, 0.1) is 0 Å². The normalized spacial score (nSPS) is 39.9. The molecule has 0 radical (unpaired) electrons. The second-order valence-corrected chi connectivity index (χ2v) is 5.69. The molecule has 0 amide bonds. The Morgan fingerprint density at radius 3 is 1.53 bits per heavy atom. The van der Waals surface area contributed by atoms with E-state index in [1.165, 1.54) is 12.8 Å². The van der Waals surface area contributed by atoms with E-state index in [2.05, 4.69) is 50.3 Å². The Hall–Kier alpha value is -1.30. The number of hydrogen-bond donors (Lipinski definition) is 0. The van der Waals surface area contributed by atoms with Gasteiger partial charge in [0.1, 0.15) is 0 Å². The largest absolute Gasteiger partial charge is 0.0811 e. The van der Waals surface area contributed by atoms with Gasteiger partial charge >= 0.3 is 0 Å². The zero-order valence-electron chi connectivity index (χ0n) is 10.7. The molecule has 0 heteroatoms. The van der Waals surface area contributed by atoms with Crippen molar-refractivity contribution >= 4 is 0 Å². The minimum absolute atomic E-state index is 0.731. The fraction of sp³-hybridized carbons (Fsp3) is 0.412. The lowest BCUT2D eigenvalue weighted by molar-refractivity contribution is 0.751. The monoisotopic (exact) mass is 224 g/mol. The van der Waals surface area contributed by atoms with E-state index < -0.39 is 0 Å². The van der Waals surface area contributed by atoms with Gasteiger partial charge in [0.25, 0.3) is 0 Å². The van der Waals surface area contributed by atoms with E-state index in [-0.39, 0.29) is 0 Å². The molecule has 0 saturated carbocycles. The minimum atomic E-state index is 0.731. The third-order valence-corrected chi connectivity index (χ3v) is 4.03. The summed E-state index contributed by atoms with van der Waals surface area (Å²) in [5, 5.41) is 0. The van der Waals surface area contributed by atoms with Crippen LogP contribution in [0, 0.1) is 11.8 Å². The highest BCUT2D eigenvalue weighted by molar-refractivity contribution is 5.51. The highest BCUT2D eigenvalue weighted by Crippen LogP contribution is 2.36. The van der Waals surface area contributed by atoms with E-state index in [1.807, 2.05) is 0 Å². The molecule has 0 aromatic carbocycles. The Bertz CT molecular complexity index is 436.